The molecule has 0 saturated carbocycles. The molecular weight excluding hydrogens is 280 g/mol. The molecule has 3 aliphatic rings. The maximum atomic E-state index is 12.7. The highest BCUT2D eigenvalue weighted by molar-refractivity contribution is 6.23. The molecule has 0 N–H and O–H groups in total. The first-order chi connectivity index (χ1) is 10.7. The number of hydrogen-bond acceptors (Lipinski definition) is 4. The predicted octanol–water partition coefficient (Wildman–Crippen LogP) is 1.90. The first-order valence-electron chi connectivity index (χ1n) is 7.62. The van der Waals surface area contributed by atoms with Crippen LogP contribution < -0.4 is 4.90 Å². The van der Waals surface area contributed by atoms with Crippen LogP contribution in [0.5, 0.6) is 0 Å². The fourth-order valence-corrected chi connectivity index (χ4v) is 4.17. The summed E-state index contributed by atoms with van der Waals surface area (Å²) < 4.78 is 5.76. The summed E-state index contributed by atoms with van der Waals surface area (Å²) in [6, 6.07) is 9.30. The molecule has 3 aliphatic heterocycles. The molecule has 1 aromatic carbocycles. The number of fused-ring (bicyclic) bond motifs is 6. The fourth-order valence-electron chi connectivity index (χ4n) is 4.17. The monoisotopic (exact) mass is 294 g/mol. The van der Waals surface area contributed by atoms with E-state index in [4.69, 9.17) is 4.74 Å². The summed E-state index contributed by atoms with van der Waals surface area (Å²) in [6.07, 6.45) is 3.37. The van der Waals surface area contributed by atoms with E-state index in [-0.39, 0.29) is 35.9 Å². The van der Waals surface area contributed by atoms with Crippen molar-refractivity contribution >= 4 is 28.4 Å². The molecule has 2 aromatic rings. The number of carbonyl (C=O) groups is 2. The zero-order chi connectivity index (χ0) is 14.8. The number of benzene rings is 1. The van der Waals surface area contributed by atoms with E-state index >= 15 is 0 Å². The van der Waals surface area contributed by atoms with Gasteiger partial charge in [0.2, 0.25) is 11.8 Å². The molecule has 0 aliphatic carbocycles. The minimum atomic E-state index is -0.282. The predicted molar refractivity (Wildman–Crippen MR) is 79.1 cm³/mol. The van der Waals surface area contributed by atoms with Gasteiger partial charge in [0.15, 0.2) is 0 Å². The molecule has 4 atom stereocenters. The zero-order valence-electron chi connectivity index (χ0n) is 11.8. The summed E-state index contributed by atoms with van der Waals surface area (Å²) >= 11 is 0. The first-order valence-corrected chi connectivity index (χ1v) is 7.62. The number of rotatable bonds is 1. The SMILES string of the molecule is O=C1C2C3CCC(O3)C2C(=O)N1c1ccc2ncccc2c1. The molecule has 22 heavy (non-hydrogen) atoms. The quantitative estimate of drug-likeness (QED) is 0.754. The largest absolute Gasteiger partial charge is 0.373 e. The second kappa shape index (κ2) is 4.14. The van der Waals surface area contributed by atoms with Crippen molar-refractivity contribution in [3.8, 4) is 0 Å². The Morgan fingerprint density at radius 1 is 1.05 bits per heavy atom. The lowest BCUT2D eigenvalue weighted by Gasteiger charge is -2.17. The minimum absolute atomic E-state index is 0.0708. The molecule has 4 unspecified atom stereocenters. The highest BCUT2D eigenvalue weighted by atomic mass is 16.5. The Labute approximate surface area is 126 Å². The van der Waals surface area contributed by atoms with Crippen LogP contribution >= 0.6 is 0 Å². The number of ether oxygens (including phenoxy) is 1. The summed E-state index contributed by atoms with van der Waals surface area (Å²) in [5, 5.41) is 0.928. The van der Waals surface area contributed by atoms with Crippen LogP contribution in [0.25, 0.3) is 10.9 Å². The number of anilines is 1. The van der Waals surface area contributed by atoms with Crippen molar-refractivity contribution in [2.75, 3.05) is 4.90 Å². The van der Waals surface area contributed by atoms with Crippen molar-refractivity contribution in [1.82, 2.24) is 4.98 Å². The molecule has 3 saturated heterocycles. The van der Waals surface area contributed by atoms with Crippen LogP contribution in [0.15, 0.2) is 36.5 Å². The normalized spacial score (nSPS) is 33.0. The molecule has 4 heterocycles. The van der Waals surface area contributed by atoms with Gasteiger partial charge < -0.3 is 4.74 Å². The standard InChI is InChI=1S/C17H14N2O3/c20-16-14-12-5-6-13(22-12)15(14)17(21)19(16)10-3-4-11-9(8-10)2-1-7-18-11/h1-4,7-8,12-15H,5-6H2. The van der Waals surface area contributed by atoms with Gasteiger partial charge in [-0.25, -0.2) is 4.90 Å². The van der Waals surface area contributed by atoms with Gasteiger partial charge in [-0.05, 0) is 37.1 Å². The van der Waals surface area contributed by atoms with Gasteiger partial charge in [0, 0.05) is 11.6 Å². The van der Waals surface area contributed by atoms with Crippen LogP contribution in [-0.4, -0.2) is 29.0 Å². The lowest BCUT2D eigenvalue weighted by atomic mass is 9.81. The van der Waals surface area contributed by atoms with Crippen LogP contribution in [0.3, 0.4) is 0 Å². The average Bonchev–Trinajstić information content (AvgIpc) is 3.21. The third kappa shape index (κ3) is 1.44. The Hall–Kier alpha value is -2.27. The summed E-state index contributed by atoms with van der Waals surface area (Å²) in [5.74, 6) is -0.775. The Kier molecular flexibility index (Phi) is 2.31. The van der Waals surface area contributed by atoms with Crippen molar-refractivity contribution < 1.29 is 14.3 Å². The van der Waals surface area contributed by atoms with Gasteiger partial charge in [-0.1, -0.05) is 6.07 Å². The lowest BCUT2D eigenvalue weighted by Crippen LogP contribution is -2.34. The van der Waals surface area contributed by atoms with Crippen LogP contribution in [0.2, 0.25) is 0 Å². The van der Waals surface area contributed by atoms with E-state index < -0.39 is 0 Å². The number of carbonyl (C=O) groups excluding carboxylic acids is 2. The van der Waals surface area contributed by atoms with Gasteiger partial charge in [0.25, 0.3) is 0 Å². The van der Waals surface area contributed by atoms with Crippen molar-refractivity contribution in [3.05, 3.63) is 36.5 Å². The molecule has 5 rings (SSSR count). The summed E-state index contributed by atoms with van der Waals surface area (Å²) in [4.78, 5) is 31.1. The van der Waals surface area contributed by atoms with Crippen molar-refractivity contribution in [3.63, 3.8) is 0 Å². The number of hydrogen-bond donors (Lipinski definition) is 0. The van der Waals surface area contributed by atoms with E-state index in [0.717, 1.165) is 23.7 Å². The maximum absolute atomic E-state index is 12.7. The smallest absolute Gasteiger partial charge is 0.240 e. The van der Waals surface area contributed by atoms with Gasteiger partial charge in [-0.2, -0.15) is 0 Å². The number of pyridine rings is 1. The van der Waals surface area contributed by atoms with Crippen LogP contribution in [-0.2, 0) is 14.3 Å². The van der Waals surface area contributed by atoms with E-state index in [0.29, 0.717) is 5.69 Å². The number of amides is 2. The van der Waals surface area contributed by atoms with Gasteiger partial charge in [-0.15, -0.1) is 0 Å². The summed E-state index contributed by atoms with van der Waals surface area (Å²) in [7, 11) is 0. The molecule has 2 amide bonds. The summed E-state index contributed by atoms with van der Waals surface area (Å²) in [5.41, 5.74) is 1.50. The topological polar surface area (TPSA) is 59.5 Å². The first kappa shape index (κ1) is 12.3. The highest BCUT2D eigenvalue weighted by Crippen LogP contribution is 2.49. The second-order valence-electron chi connectivity index (χ2n) is 6.23. The van der Waals surface area contributed by atoms with Gasteiger partial charge in [0.1, 0.15) is 0 Å². The Morgan fingerprint density at radius 3 is 2.50 bits per heavy atom. The highest BCUT2D eigenvalue weighted by Gasteiger charge is 2.62. The van der Waals surface area contributed by atoms with E-state index in [2.05, 4.69) is 4.98 Å². The molecule has 5 nitrogen and oxygen atoms in total. The number of imide groups is 1. The lowest BCUT2D eigenvalue weighted by molar-refractivity contribution is -0.124. The third-order valence-electron chi connectivity index (χ3n) is 5.13. The Bertz CT molecular complexity index is 790. The zero-order valence-corrected chi connectivity index (χ0v) is 11.8. The fraction of sp³-hybridized carbons (Fsp3) is 0.353. The molecule has 3 fully saturated rings. The molecular formula is C17H14N2O3. The molecule has 0 radical (unpaired) electrons. The average molecular weight is 294 g/mol. The maximum Gasteiger partial charge on any atom is 0.240 e. The van der Waals surface area contributed by atoms with Crippen molar-refractivity contribution in [1.29, 1.82) is 0 Å². The van der Waals surface area contributed by atoms with E-state index in [1.165, 1.54) is 4.90 Å². The van der Waals surface area contributed by atoms with Crippen LogP contribution in [0.1, 0.15) is 12.8 Å². The summed E-state index contributed by atoms with van der Waals surface area (Å²) in [6.45, 7) is 0. The van der Waals surface area contributed by atoms with E-state index in [1.54, 1.807) is 12.3 Å². The molecule has 5 heteroatoms. The molecule has 2 bridgehead atoms. The second-order valence-corrected chi connectivity index (χ2v) is 6.23. The van der Waals surface area contributed by atoms with Gasteiger partial charge in [0.05, 0.1) is 35.2 Å². The van der Waals surface area contributed by atoms with Crippen molar-refractivity contribution in [2.45, 2.75) is 25.0 Å². The van der Waals surface area contributed by atoms with Crippen molar-refractivity contribution in [2.24, 2.45) is 11.8 Å². The van der Waals surface area contributed by atoms with Crippen LogP contribution in [0, 0.1) is 11.8 Å². The third-order valence-corrected chi connectivity index (χ3v) is 5.13. The Morgan fingerprint density at radius 2 is 1.77 bits per heavy atom. The van der Waals surface area contributed by atoms with E-state index in [1.807, 2.05) is 24.3 Å². The molecule has 1 aromatic heterocycles. The number of aromatic nitrogens is 1. The van der Waals surface area contributed by atoms with E-state index in [9.17, 15) is 9.59 Å². The minimum Gasteiger partial charge on any atom is -0.373 e. The molecule has 110 valence electrons. The van der Waals surface area contributed by atoms with Gasteiger partial charge in [-0.3, -0.25) is 14.6 Å². The van der Waals surface area contributed by atoms with Crippen LogP contribution in [0.4, 0.5) is 5.69 Å². The Balaban J connectivity index is 1.59. The molecule has 0 spiro atoms. The number of nitrogens with zero attached hydrogens (tertiary/aromatic N) is 2. The van der Waals surface area contributed by atoms with Gasteiger partial charge >= 0.3 is 0 Å².